The number of piperazine rings is 1. The molecule has 0 saturated carbocycles. The van der Waals surface area contributed by atoms with Gasteiger partial charge in [-0.15, -0.1) is 0 Å². The Hall–Kier alpha value is -1.51. The van der Waals surface area contributed by atoms with Gasteiger partial charge in [0.25, 0.3) is 11.8 Å². The third-order valence-electron chi connectivity index (χ3n) is 3.50. The van der Waals surface area contributed by atoms with E-state index in [1.165, 1.54) is 17.0 Å². The van der Waals surface area contributed by atoms with Crippen LogP contribution in [0.4, 0.5) is 5.69 Å². The minimum atomic E-state index is -3.36. The number of hydrogen-bond acceptors (Lipinski definition) is 4. The smallest absolute Gasteiger partial charge is 0.255 e. The third kappa shape index (κ3) is 4.99. The zero-order chi connectivity index (χ0) is 17.9. The van der Waals surface area contributed by atoms with Gasteiger partial charge in [-0.1, -0.05) is 23.2 Å². The van der Waals surface area contributed by atoms with Crippen LogP contribution in [-0.2, 0) is 14.8 Å². The maximum absolute atomic E-state index is 12.4. The van der Waals surface area contributed by atoms with Crippen LogP contribution in [0.2, 0.25) is 0 Å². The monoisotopic (exact) mass is 393 g/mol. The van der Waals surface area contributed by atoms with E-state index in [9.17, 15) is 18.0 Å². The molecule has 0 aliphatic carbocycles. The van der Waals surface area contributed by atoms with Gasteiger partial charge in [0.2, 0.25) is 10.0 Å². The number of nitrogens with one attached hydrogen (secondary N) is 1. The number of sulfonamides is 1. The van der Waals surface area contributed by atoms with Gasteiger partial charge in [0.1, 0.15) is 0 Å². The van der Waals surface area contributed by atoms with Crippen molar-refractivity contribution in [3.8, 4) is 0 Å². The van der Waals surface area contributed by atoms with Gasteiger partial charge < -0.3 is 9.80 Å². The lowest BCUT2D eigenvalue weighted by Crippen LogP contribution is -2.51. The molecule has 0 radical (unpaired) electrons. The molecule has 1 aliphatic heterocycles. The number of rotatable bonds is 4. The van der Waals surface area contributed by atoms with E-state index in [4.69, 9.17) is 23.2 Å². The number of anilines is 1. The highest BCUT2D eigenvalue weighted by atomic mass is 35.5. The van der Waals surface area contributed by atoms with Crippen LogP contribution in [0.15, 0.2) is 24.3 Å². The molecule has 1 fully saturated rings. The van der Waals surface area contributed by atoms with Crippen molar-refractivity contribution in [2.24, 2.45) is 0 Å². The molecule has 1 N–H and O–H groups in total. The lowest BCUT2D eigenvalue weighted by molar-refractivity contribution is -0.130. The SMILES string of the molecule is CS(=O)(=O)Nc1ccc(C(=O)N2CCN(C(=O)C(Cl)Cl)CC2)cc1. The Labute approximate surface area is 150 Å². The largest absolute Gasteiger partial charge is 0.337 e. The average molecular weight is 394 g/mol. The molecule has 24 heavy (non-hydrogen) atoms. The van der Waals surface area contributed by atoms with Gasteiger partial charge in [-0.3, -0.25) is 14.3 Å². The summed E-state index contributed by atoms with van der Waals surface area (Å²) in [4.78, 5) is 26.2. The maximum atomic E-state index is 12.4. The fraction of sp³-hybridized carbons (Fsp3) is 0.429. The van der Waals surface area contributed by atoms with Crippen LogP contribution in [0, 0.1) is 0 Å². The Kier molecular flexibility index (Phi) is 5.95. The number of nitrogens with zero attached hydrogens (tertiary/aromatic N) is 2. The van der Waals surface area contributed by atoms with Crippen molar-refractivity contribution in [1.82, 2.24) is 9.80 Å². The summed E-state index contributed by atoms with van der Waals surface area (Å²) in [5, 5.41) is 0. The normalized spacial score (nSPS) is 15.5. The Bertz CT molecular complexity index is 714. The molecule has 1 aromatic carbocycles. The van der Waals surface area contributed by atoms with Crippen LogP contribution < -0.4 is 4.72 Å². The highest BCUT2D eigenvalue weighted by Crippen LogP contribution is 2.15. The molecule has 1 saturated heterocycles. The molecule has 10 heteroatoms. The Morgan fingerprint density at radius 2 is 1.54 bits per heavy atom. The first-order valence-electron chi connectivity index (χ1n) is 7.11. The Balaban J connectivity index is 1.97. The van der Waals surface area contributed by atoms with E-state index < -0.39 is 14.9 Å². The molecule has 0 spiro atoms. The fourth-order valence-corrected chi connectivity index (χ4v) is 3.19. The van der Waals surface area contributed by atoms with Gasteiger partial charge >= 0.3 is 0 Å². The summed E-state index contributed by atoms with van der Waals surface area (Å²) in [6, 6.07) is 6.17. The minimum Gasteiger partial charge on any atom is -0.337 e. The molecule has 1 heterocycles. The standard InChI is InChI=1S/C14H17Cl2N3O4S/c1-24(22,23)17-11-4-2-10(3-5-11)13(20)18-6-8-19(9-7-18)14(21)12(15)16/h2-5,12,17H,6-9H2,1H3. The van der Waals surface area contributed by atoms with Crippen molar-refractivity contribution in [3.63, 3.8) is 0 Å². The Morgan fingerprint density at radius 1 is 1.04 bits per heavy atom. The molecule has 7 nitrogen and oxygen atoms in total. The van der Waals surface area contributed by atoms with Crippen LogP contribution in [0.5, 0.6) is 0 Å². The van der Waals surface area contributed by atoms with Gasteiger partial charge in [0, 0.05) is 37.4 Å². The van der Waals surface area contributed by atoms with Crippen LogP contribution in [0.1, 0.15) is 10.4 Å². The molecule has 1 aromatic rings. The van der Waals surface area contributed by atoms with Crippen molar-refractivity contribution < 1.29 is 18.0 Å². The maximum Gasteiger partial charge on any atom is 0.255 e. The van der Waals surface area contributed by atoms with Gasteiger partial charge in [-0.05, 0) is 24.3 Å². The van der Waals surface area contributed by atoms with Crippen molar-refractivity contribution in [3.05, 3.63) is 29.8 Å². The molecular weight excluding hydrogens is 377 g/mol. The second-order valence-corrected chi connectivity index (χ2v) is 8.21. The summed E-state index contributed by atoms with van der Waals surface area (Å²) in [7, 11) is -3.36. The second-order valence-electron chi connectivity index (χ2n) is 5.37. The highest BCUT2D eigenvalue weighted by Gasteiger charge is 2.27. The molecule has 2 amide bonds. The van der Waals surface area contributed by atoms with E-state index in [0.717, 1.165) is 6.26 Å². The summed E-state index contributed by atoms with van der Waals surface area (Å²) < 4.78 is 24.7. The van der Waals surface area contributed by atoms with Gasteiger partial charge in [0.15, 0.2) is 4.84 Å². The summed E-state index contributed by atoms with van der Waals surface area (Å²) in [5.41, 5.74) is 0.834. The van der Waals surface area contributed by atoms with E-state index in [1.807, 2.05) is 0 Å². The third-order valence-corrected chi connectivity index (χ3v) is 4.48. The van der Waals surface area contributed by atoms with Gasteiger partial charge in [0.05, 0.1) is 6.26 Å². The van der Waals surface area contributed by atoms with Crippen molar-refractivity contribution >= 4 is 50.7 Å². The van der Waals surface area contributed by atoms with E-state index in [0.29, 0.717) is 37.4 Å². The number of halogens is 2. The molecule has 0 atom stereocenters. The molecule has 0 bridgehead atoms. The van der Waals surface area contributed by atoms with Crippen molar-refractivity contribution in [2.75, 3.05) is 37.2 Å². The van der Waals surface area contributed by atoms with Crippen LogP contribution in [0.3, 0.4) is 0 Å². The molecule has 0 unspecified atom stereocenters. The minimum absolute atomic E-state index is 0.179. The lowest BCUT2D eigenvalue weighted by atomic mass is 10.1. The molecular formula is C14H17Cl2N3O4S. The molecule has 0 aromatic heterocycles. The predicted octanol–water partition coefficient (Wildman–Crippen LogP) is 1.15. The van der Waals surface area contributed by atoms with Crippen LogP contribution >= 0.6 is 23.2 Å². The summed E-state index contributed by atoms with van der Waals surface area (Å²) in [6.07, 6.45) is 1.05. The van der Waals surface area contributed by atoms with Crippen molar-refractivity contribution in [2.45, 2.75) is 4.84 Å². The average Bonchev–Trinajstić information content (AvgIpc) is 2.53. The summed E-state index contributed by atoms with van der Waals surface area (Å²) in [5.74, 6) is -0.539. The molecule has 2 rings (SSSR count). The zero-order valence-corrected chi connectivity index (χ0v) is 15.2. The first-order valence-corrected chi connectivity index (χ1v) is 9.88. The summed E-state index contributed by atoms with van der Waals surface area (Å²) >= 11 is 11.1. The van der Waals surface area contributed by atoms with E-state index in [-0.39, 0.29) is 11.8 Å². The number of carbonyl (C=O) groups excluding carboxylic acids is 2. The van der Waals surface area contributed by atoms with E-state index in [1.54, 1.807) is 17.0 Å². The van der Waals surface area contributed by atoms with E-state index >= 15 is 0 Å². The number of amides is 2. The fourth-order valence-electron chi connectivity index (χ4n) is 2.35. The molecule has 132 valence electrons. The predicted molar refractivity (Wildman–Crippen MR) is 92.9 cm³/mol. The topological polar surface area (TPSA) is 86.8 Å². The van der Waals surface area contributed by atoms with Crippen molar-refractivity contribution in [1.29, 1.82) is 0 Å². The first-order chi connectivity index (χ1) is 11.2. The quantitative estimate of drug-likeness (QED) is 0.777. The number of benzene rings is 1. The van der Waals surface area contributed by atoms with Crippen LogP contribution in [-0.4, -0.2) is 67.3 Å². The molecule has 1 aliphatic rings. The van der Waals surface area contributed by atoms with E-state index in [2.05, 4.69) is 4.72 Å². The second kappa shape index (κ2) is 7.58. The number of alkyl halides is 2. The van der Waals surface area contributed by atoms with Gasteiger partial charge in [-0.25, -0.2) is 8.42 Å². The van der Waals surface area contributed by atoms with Crippen LogP contribution in [0.25, 0.3) is 0 Å². The number of carbonyl (C=O) groups is 2. The lowest BCUT2D eigenvalue weighted by Gasteiger charge is -2.35. The first kappa shape index (κ1) is 18.8. The highest BCUT2D eigenvalue weighted by molar-refractivity contribution is 7.92. The Morgan fingerprint density at radius 3 is 2.00 bits per heavy atom. The zero-order valence-electron chi connectivity index (χ0n) is 12.9. The number of hydrogen-bond donors (Lipinski definition) is 1. The summed E-state index contributed by atoms with van der Waals surface area (Å²) in [6.45, 7) is 1.51. The van der Waals surface area contributed by atoms with Gasteiger partial charge in [-0.2, -0.15) is 0 Å².